The van der Waals surface area contributed by atoms with Gasteiger partial charge in [0.25, 0.3) is 5.89 Å². The van der Waals surface area contributed by atoms with Crippen LogP contribution in [0.5, 0.6) is 0 Å². The number of nitrogens with zero attached hydrogens (tertiary/aromatic N) is 3. The van der Waals surface area contributed by atoms with Crippen molar-refractivity contribution in [3.8, 4) is 11.6 Å². The number of hydrogen-bond donors (Lipinski definition) is 1. The van der Waals surface area contributed by atoms with Gasteiger partial charge in [-0.1, -0.05) is 13.8 Å². The van der Waals surface area contributed by atoms with E-state index in [4.69, 9.17) is 4.42 Å². The first-order chi connectivity index (χ1) is 9.24. The fourth-order valence-corrected chi connectivity index (χ4v) is 1.94. The van der Waals surface area contributed by atoms with Gasteiger partial charge in [0.15, 0.2) is 0 Å². The fourth-order valence-electron chi connectivity index (χ4n) is 1.71. The van der Waals surface area contributed by atoms with Crippen molar-refractivity contribution in [1.82, 2.24) is 20.5 Å². The molecular weight excluding hydrogens is 308 g/mol. The van der Waals surface area contributed by atoms with E-state index in [1.54, 1.807) is 6.20 Å². The van der Waals surface area contributed by atoms with Crippen molar-refractivity contribution < 1.29 is 4.42 Å². The molecule has 2 aromatic heterocycles. The quantitative estimate of drug-likeness (QED) is 0.882. The molecule has 5 nitrogen and oxygen atoms in total. The molecule has 2 rings (SSSR count). The number of pyridine rings is 1. The molecule has 0 amide bonds. The molecule has 0 saturated carbocycles. The van der Waals surface area contributed by atoms with Crippen LogP contribution in [-0.4, -0.2) is 21.7 Å². The number of nitrogens with one attached hydrogen (secondary N) is 1. The summed E-state index contributed by atoms with van der Waals surface area (Å²) in [6.07, 6.45) is 3.70. The van der Waals surface area contributed by atoms with Gasteiger partial charge in [0, 0.05) is 10.7 Å². The zero-order valence-electron chi connectivity index (χ0n) is 11.1. The third-order valence-corrected chi connectivity index (χ3v) is 3.20. The summed E-state index contributed by atoms with van der Waals surface area (Å²) < 4.78 is 6.62. The van der Waals surface area contributed by atoms with Gasteiger partial charge in [-0.15, -0.1) is 10.2 Å². The molecule has 19 heavy (non-hydrogen) atoms. The Bertz CT molecular complexity index is 512. The molecule has 0 bridgehead atoms. The van der Waals surface area contributed by atoms with Gasteiger partial charge in [-0.25, -0.2) is 4.98 Å². The maximum absolute atomic E-state index is 5.70. The van der Waals surface area contributed by atoms with Crippen LogP contribution >= 0.6 is 15.9 Å². The van der Waals surface area contributed by atoms with E-state index in [1.807, 2.05) is 12.1 Å². The van der Waals surface area contributed by atoms with Crippen LogP contribution in [0, 0.1) is 0 Å². The Morgan fingerprint density at radius 2 is 2.16 bits per heavy atom. The second kappa shape index (κ2) is 6.77. The van der Waals surface area contributed by atoms with Crippen LogP contribution < -0.4 is 5.32 Å². The molecule has 0 aliphatic carbocycles. The van der Waals surface area contributed by atoms with Gasteiger partial charge in [0.05, 0.1) is 6.04 Å². The molecule has 0 aliphatic rings. The van der Waals surface area contributed by atoms with Crippen LogP contribution in [0.1, 0.15) is 38.6 Å². The smallest absolute Gasteiger partial charge is 0.266 e. The Hall–Kier alpha value is -1.27. The summed E-state index contributed by atoms with van der Waals surface area (Å²) >= 11 is 3.35. The van der Waals surface area contributed by atoms with E-state index < -0.39 is 0 Å². The zero-order chi connectivity index (χ0) is 13.7. The number of aromatic nitrogens is 3. The minimum Gasteiger partial charge on any atom is -0.418 e. The molecule has 0 saturated heterocycles. The van der Waals surface area contributed by atoms with Crippen molar-refractivity contribution in [2.24, 2.45) is 0 Å². The highest BCUT2D eigenvalue weighted by atomic mass is 79.9. The van der Waals surface area contributed by atoms with Crippen molar-refractivity contribution in [3.63, 3.8) is 0 Å². The van der Waals surface area contributed by atoms with Crippen LogP contribution in [0.25, 0.3) is 11.6 Å². The lowest BCUT2D eigenvalue weighted by molar-refractivity contribution is 0.396. The van der Waals surface area contributed by atoms with Crippen LogP contribution in [0.3, 0.4) is 0 Å². The van der Waals surface area contributed by atoms with Gasteiger partial charge >= 0.3 is 0 Å². The molecule has 0 fully saturated rings. The second-order valence-electron chi connectivity index (χ2n) is 4.22. The Morgan fingerprint density at radius 1 is 1.32 bits per heavy atom. The highest BCUT2D eigenvalue weighted by Gasteiger charge is 2.17. The van der Waals surface area contributed by atoms with Crippen molar-refractivity contribution in [2.75, 3.05) is 6.54 Å². The predicted molar refractivity (Wildman–Crippen MR) is 76.6 cm³/mol. The van der Waals surface area contributed by atoms with Crippen LogP contribution in [0.2, 0.25) is 0 Å². The summed E-state index contributed by atoms with van der Waals surface area (Å²) in [6.45, 7) is 5.16. The van der Waals surface area contributed by atoms with E-state index in [-0.39, 0.29) is 6.04 Å². The van der Waals surface area contributed by atoms with Crippen molar-refractivity contribution in [1.29, 1.82) is 0 Å². The highest BCUT2D eigenvalue weighted by molar-refractivity contribution is 9.10. The summed E-state index contributed by atoms with van der Waals surface area (Å²) in [5.41, 5.74) is 0.687. The van der Waals surface area contributed by atoms with Crippen molar-refractivity contribution >= 4 is 15.9 Å². The zero-order valence-corrected chi connectivity index (χ0v) is 12.6. The summed E-state index contributed by atoms with van der Waals surface area (Å²) in [5, 5.41) is 11.6. The minimum absolute atomic E-state index is 0.108. The highest BCUT2D eigenvalue weighted by Crippen LogP contribution is 2.21. The van der Waals surface area contributed by atoms with Gasteiger partial charge in [0.1, 0.15) is 5.69 Å². The van der Waals surface area contributed by atoms with Gasteiger partial charge in [-0.3, -0.25) is 0 Å². The van der Waals surface area contributed by atoms with Crippen LogP contribution in [-0.2, 0) is 0 Å². The molecule has 0 spiro atoms. The van der Waals surface area contributed by atoms with Gasteiger partial charge in [0.2, 0.25) is 5.89 Å². The molecule has 0 aromatic carbocycles. The third kappa shape index (κ3) is 3.61. The first-order valence-corrected chi connectivity index (χ1v) is 7.22. The van der Waals surface area contributed by atoms with E-state index >= 15 is 0 Å². The number of halogens is 1. The lowest BCUT2D eigenvalue weighted by Crippen LogP contribution is -2.21. The molecule has 0 radical (unpaired) electrons. The minimum atomic E-state index is 0.108. The van der Waals surface area contributed by atoms with Crippen molar-refractivity contribution in [2.45, 2.75) is 32.7 Å². The summed E-state index contributed by atoms with van der Waals surface area (Å²) in [5.74, 6) is 1.08. The van der Waals surface area contributed by atoms with E-state index in [0.717, 1.165) is 23.9 Å². The van der Waals surface area contributed by atoms with Gasteiger partial charge < -0.3 is 9.73 Å². The Balaban J connectivity index is 2.15. The Morgan fingerprint density at radius 3 is 2.79 bits per heavy atom. The monoisotopic (exact) mass is 324 g/mol. The lowest BCUT2D eigenvalue weighted by Gasteiger charge is -2.11. The molecule has 2 heterocycles. The Labute approximate surface area is 121 Å². The standard InChI is InChI=1S/C13H17BrN4O/c1-3-7-15-10(4-2)12-17-18-13(19-12)11-6-5-9(14)8-16-11/h5-6,8,10,15H,3-4,7H2,1-2H3. The molecular formula is C13H17BrN4O. The van der Waals surface area contributed by atoms with Gasteiger partial charge in [-0.05, 0) is 47.4 Å². The number of hydrogen-bond acceptors (Lipinski definition) is 5. The molecule has 1 unspecified atom stereocenters. The van der Waals surface area contributed by atoms with Crippen LogP contribution in [0.4, 0.5) is 0 Å². The summed E-state index contributed by atoms with van der Waals surface area (Å²) in [6, 6.07) is 3.86. The normalized spacial score (nSPS) is 12.6. The Kier molecular flexibility index (Phi) is 5.04. The summed E-state index contributed by atoms with van der Waals surface area (Å²) in [7, 11) is 0. The van der Waals surface area contributed by atoms with E-state index in [0.29, 0.717) is 17.5 Å². The maximum Gasteiger partial charge on any atom is 0.266 e. The van der Waals surface area contributed by atoms with Crippen molar-refractivity contribution in [3.05, 3.63) is 28.7 Å². The largest absolute Gasteiger partial charge is 0.418 e. The molecule has 2 aromatic rings. The second-order valence-corrected chi connectivity index (χ2v) is 5.14. The average Bonchev–Trinajstić information content (AvgIpc) is 2.90. The predicted octanol–water partition coefficient (Wildman–Crippen LogP) is 3.34. The third-order valence-electron chi connectivity index (χ3n) is 2.73. The van der Waals surface area contributed by atoms with E-state index in [1.165, 1.54) is 0 Å². The topological polar surface area (TPSA) is 63.8 Å². The SMILES string of the molecule is CCCNC(CC)c1nnc(-c2ccc(Br)cn2)o1. The molecule has 1 atom stereocenters. The molecule has 1 N–H and O–H groups in total. The molecule has 102 valence electrons. The summed E-state index contributed by atoms with van der Waals surface area (Å²) in [4.78, 5) is 4.25. The first-order valence-electron chi connectivity index (χ1n) is 6.43. The lowest BCUT2D eigenvalue weighted by atomic mass is 10.2. The maximum atomic E-state index is 5.70. The molecule has 6 heteroatoms. The number of rotatable bonds is 6. The van der Waals surface area contributed by atoms with E-state index in [2.05, 4.69) is 50.3 Å². The van der Waals surface area contributed by atoms with Gasteiger partial charge in [-0.2, -0.15) is 0 Å². The fraction of sp³-hybridized carbons (Fsp3) is 0.462. The van der Waals surface area contributed by atoms with E-state index in [9.17, 15) is 0 Å². The van der Waals surface area contributed by atoms with Crippen LogP contribution in [0.15, 0.2) is 27.2 Å². The average molecular weight is 325 g/mol. The first kappa shape index (κ1) is 14.1. The molecule has 0 aliphatic heterocycles.